The van der Waals surface area contributed by atoms with Crippen molar-refractivity contribution < 1.29 is 0 Å². The third kappa shape index (κ3) is 4.18. The molecule has 0 fully saturated rings. The van der Waals surface area contributed by atoms with Crippen LogP contribution in [0.15, 0.2) is 157 Å². The van der Waals surface area contributed by atoms with Crippen LogP contribution < -0.4 is 4.90 Å². The van der Waals surface area contributed by atoms with E-state index in [4.69, 9.17) is 0 Å². The predicted octanol–water partition coefficient (Wildman–Crippen LogP) is 13.1. The van der Waals surface area contributed by atoms with Crippen molar-refractivity contribution in [2.45, 2.75) is 38.5 Å². The van der Waals surface area contributed by atoms with Gasteiger partial charge in [0.2, 0.25) is 0 Å². The van der Waals surface area contributed by atoms with E-state index in [0.29, 0.717) is 0 Å². The van der Waals surface area contributed by atoms with E-state index < -0.39 is 0 Å². The molecule has 7 aromatic carbocycles. The molecule has 0 bridgehead atoms. The Morgan fingerprint density at radius 1 is 0.551 bits per heavy atom. The molecule has 0 N–H and O–H groups in total. The SMILES string of the molecule is CC1(C)C2=C(CCC=C2)c2ccc(-c3c4ccccc4c(N4c5ccccc5Cc5ccccc54)c4ccc(-c5ccccc5)cc34)cc21. The molecule has 0 spiro atoms. The first-order chi connectivity index (χ1) is 24.1. The van der Waals surface area contributed by atoms with Gasteiger partial charge in [-0.2, -0.15) is 0 Å². The zero-order valence-electron chi connectivity index (χ0n) is 28.0. The van der Waals surface area contributed by atoms with Gasteiger partial charge in [-0.25, -0.2) is 0 Å². The summed E-state index contributed by atoms with van der Waals surface area (Å²) in [5, 5.41) is 5.09. The van der Waals surface area contributed by atoms with Crippen LogP contribution in [0.3, 0.4) is 0 Å². The maximum atomic E-state index is 2.54. The van der Waals surface area contributed by atoms with Crippen molar-refractivity contribution in [3.05, 3.63) is 180 Å². The van der Waals surface area contributed by atoms with Gasteiger partial charge in [-0.3, -0.25) is 0 Å². The average Bonchev–Trinajstić information content (AvgIpc) is 3.38. The first-order valence-electron chi connectivity index (χ1n) is 17.6. The van der Waals surface area contributed by atoms with Crippen LogP contribution in [0.4, 0.5) is 17.1 Å². The molecule has 7 aromatic rings. The van der Waals surface area contributed by atoms with Crippen molar-refractivity contribution in [1.82, 2.24) is 0 Å². The lowest BCUT2D eigenvalue weighted by atomic mass is 9.79. The highest BCUT2D eigenvalue weighted by atomic mass is 15.2. The van der Waals surface area contributed by atoms with Crippen molar-refractivity contribution in [2.75, 3.05) is 4.90 Å². The van der Waals surface area contributed by atoms with Crippen molar-refractivity contribution in [2.24, 2.45) is 0 Å². The summed E-state index contributed by atoms with van der Waals surface area (Å²) in [7, 11) is 0. The molecule has 49 heavy (non-hydrogen) atoms. The van der Waals surface area contributed by atoms with Gasteiger partial charge in [0, 0.05) is 34.0 Å². The summed E-state index contributed by atoms with van der Waals surface area (Å²) in [6.07, 6.45) is 7.93. The molecule has 0 aromatic heterocycles. The molecule has 1 aliphatic heterocycles. The molecule has 10 rings (SSSR count). The molecule has 234 valence electrons. The van der Waals surface area contributed by atoms with E-state index in [0.717, 1.165) is 19.3 Å². The maximum absolute atomic E-state index is 2.54. The molecule has 0 saturated carbocycles. The summed E-state index contributed by atoms with van der Waals surface area (Å²) < 4.78 is 0. The average molecular weight is 628 g/mol. The zero-order valence-corrected chi connectivity index (χ0v) is 28.0. The van der Waals surface area contributed by atoms with Gasteiger partial charge >= 0.3 is 0 Å². The van der Waals surface area contributed by atoms with Crippen molar-refractivity contribution in [1.29, 1.82) is 0 Å². The van der Waals surface area contributed by atoms with E-state index in [-0.39, 0.29) is 5.41 Å². The minimum Gasteiger partial charge on any atom is -0.309 e. The third-order valence-electron chi connectivity index (χ3n) is 11.3. The smallest absolute Gasteiger partial charge is 0.0619 e. The quantitative estimate of drug-likeness (QED) is 0.176. The molecule has 0 atom stereocenters. The van der Waals surface area contributed by atoms with Gasteiger partial charge in [0.25, 0.3) is 0 Å². The number of anilines is 3. The van der Waals surface area contributed by atoms with Crippen molar-refractivity contribution >= 4 is 44.2 Å². The topological polar surface area (TPSA) is 3.24 Å². The Morgan fingerprint density at radius 2 is 1.20 bits per heavy atom. The lowest BCUT2D eigenvalue weighted by molar-refractivity contribution is 0.651. The van der Waals surface area contributed by atoms with E-state index in [9.17, 15) is 0 Å². The Balaban J connectivity index is 1.31. The summed E-state index contributed by atoms with van der Waals surface area (Å²) in [6.45, 7) is 4.82. The molecule has 1 nitrogen and oxygen atoms in total. The standard InChI is InChI=1S/C48H37N/c1-48(2)42-21-11-10-18-36(42)37-26-25-35(30-43(37)48)46-38-19-8-9-20-39(38)47(40-27-24-32(29-41(40)46)31-14-4-3-5-15-31)49-44-22-12-6-16-33(44)28-34-17-7-13-23-45(34)49/h3-9,11-17,19-27,29-30H,10,18,28H2,1-2H3. The highest BCUT2D eigenvalue weighted by molar-refractivity contribution is 6.23. The summed E-state index contributed by atoms with van der Waals surface area (Å²) in [4.78, 5) is 2.54. The zero-order chi connectivity index (χ0) is 32.7. The normalized spacial score (nSPS) is 15.7. The number of allylic oxidation sites excluding steroid dienone is 4. The number of rotatable bonds is 3. The molecule has 0 radical (unpaired) electrons. The van der Waals surface area contributed by atoms with E-state index in [1.54, 1.807) is 0 Å². The number of hydrogen-bond donors (Lipinski definition) is 0. The van der Waals surface area contributed by atoms with Crippen molar-refractivity contribution in [3.8, 4) is 22.3 Å². The number of benzene rings is 7. The molecule has 2 aliphatic carbocycles. The Labute approximate surface area is 288 Å². The van der Waals surface area contributed by atoms with Gasteiger partial charge in [-0.1, -0.05) is 141 Å². The molecular formula is C48H37N. The Kier molecular flexibility index (Phi) is 6.18. The monoisotopic (exact) mass is 627 g/mol. The third-order valence-corrected chi connectivity index (χ3v) is 11.3. The number of hydrogen-bond acceptors (Lipinski definition) is 1. The van der Waals surface area contributed by atoms with E-state index >= 15 is 0 Å². The summed E-state index contributed by atoms with van der Waals surface area (Å²) in [5.41, 5.74) is 17.4. The fraction of sp³-hybridized carbons (Fsp3) is 0.125. The van der Waals surface area contributed by atoms with Crippen LogP contribution in [0.1, 0.15) is 48.9 Å². The van der Waals surface area contributed by atoms with Crippen LogP contribution in [0.2, 0.25) is 0 Å². The Morgan fingerprint density at radius 3 is 1.98 bits per heavy atom. The number of nitrogens with zero attached hydrogens (tertiary/aromatic N) is 1. The van der Waals surface area contributed by atoms with E-state index in [1.807, 2.05) is 0 Å². The van der Waals surface area contributed by atoms with E-state index in [1.165, 1.54) is 94.3 Å². The van der Waals surface area contributed by atoms with Gasteiger partial charge in [0.15, 0.2) is 0 Å². The minimum atomic E-state index is -0.0282. The molecule has 3 aliphatic rings. The van der Waals surface area contributed by atoms with Crippen LogP contribution in [0, 0.1) is 0 Å². The van der Waals surface area contributed by atoms with Crippen molar-refractivity contribution in [3.63, 3.8) is 0 Å². The summed E-state index contributed by atoms with van der Waals surface area (Å²) in [5.74, 6) is 0. The Hall–Kier alpha value is -5.66. The maximum Gasteiger partial charge on any atom is 0.0619 e. The van der Waals surface area contributed by atoms with Crippen LogP contribution in [-0.4, -0.2) is 0 Å². The highest BCUT2D eigenvalue weighted by Crippen LogP contribution is 2.54. The van der Waals surface area contributed by atoms with Gasteiger partial charge in [-0.15, -0.1) is 0 Å². The predicted molar refractivity (Wildman–Crippen MR) is 208 cm³/mol. The number of para-hydroxylation sites is 2. The van der Waals surface area contributed by atoms with Gasteiger partial charge < -0.3 is 4.90 Å². The second-order valence-corrected chi connectivity index (χ2v) is 14.4. The molecule has 1 heterocycles. The van der Waals surface area contributed by atoms with Crippen LogP contribution in [0.5, 0.6) is 0 Å². The van der Waals surface area contributed by atoms with Gasteiger partial charge in [0.05, 0.1) is 5.69 Å². The molecule has 0 unspecified atom stereocenters. The highest BCUT2D eigenvalue weighted by Gasteiger charge is 2.37. The first kappa shape index (κ1) is 28.4. The lowest BCUT2D eigenvalue weighted by Gasteiger charge is -2.35. The van der Waals surface area contributed by atoms with E-state index in [2.05, 4.69) is 170 Å². The fourth-order valence-electron chi connectivity index (χ4n) is 9.00. The van der Waals surface area contributed by atoms with Gasteiger partial charge in [-0.05, 0) is 104 Å². The van der Waals surface area contributed by atoms with Crippen LogP contribution >= 0.6 is 0 Å². The van der Waals surface area contributed by atoms with Crippen LogP contribution in [0.25, 0.3) is 49.4 Å². The fourth-order valence-corrected chi connectivity index (χ4v) is 9.00. The second kappa shape index (κ2) is 10.7. The lowest BCUT2D eigenvalue weighted by Crippen LogP contribution is -2.19. The first-order valence-corrected chi connectivity index (χ1v) is 17.6. The minimum absolute atomic E-state index is 0.0282. The largest absolute Gasteiger partial charge is 0.309 e. The second-order valence-electron chi connectivity index (χ2n) is 14.4. The van der Waals surface area contributed by atoms with Gasteiger partial charge in [0.1, 0.15) is 0 Å². The van der Waals surface area contributed by atoms with Crippen LogP contribution in [-0.2, 0) is 11.8 Å². The molecule has 0 amide bonds. The molecule has 1 heteroatoms. The molecule has 0 saturated heterocycles. The Bertz CT molecular complexity index is 2500. The summed E-state index contributed by atoms with van der Waals surface area (Å²) >= 11 is 0. The summed E-state index contributed by atoms with van der Waals surface area (Å²) in [6, 6.07) is 52.3. The molecular weight excluding hydrogens is 591 g/mol. The number of fused-ring (bicyclic) bond motifs is 6.